The molecule has 2 rings (SSSR count). The Morgan fingerprint density at radius 2 is 2.45 bits per heavy atom. The Bertz CT molecular complexity index is 173. The molecule has 0 saturated carbocycles. The predicted octanol–water partition coefficient (Wildman–Crippen LogP) is 0.0980. The average molecular weight is 155 g/mol. The van der Waals surface area contributed by atoms with Crippen molar-refractivity contribution in [1.29, 1.82) is 0 Å². The summed E-state index contributed by atoms with van der Waals surface area (Å²) < 4.78 is 5.27. The van der Waals surface area contributed by atoms with Gasteiger partial charge in [-0.25, -0.2) is 0 Å². The van der Waals surface area contributed by atoms with Gasteiger partial charge in [-0.1, -0.05) is 0 Å². The van der Waals surface area contributed by atoms with E-state index in [1.54, 1.807) is 0 Å². The fourth-order valence-electron chi connectivity index (χ4n) is 1.88. The van der Waals surface area contributed by atoms with Gasteiger partial charge in [0, 0.05) is 26.0 Å². The molecule has 3 nitrogen and oxygen atoms in total. The zero-order valence-electron chi connectivity index (χ0n) is 6.56. The Morgan fingerprint density at radius 3 is 3.09 bits per heavy atom. The molecule has 2 aliphatic rings. The van der Waals surface area contributed by atoms with Crippen molar-refractivity contribution >= 4 is 5.78 Å². The number of ketones is 1. The summed E-state index contributed by atoms with van der Waals surface area (Å²) >= 11 is 0. The van der Waals surface area contributed by atoms with Gasteiger partial charge in [-0.15, -0.1) is 0 Å². The lowest BCUT2D eigenvalue weighted by Crippen LogP contribution is -2.51. The summed E-state index contributed by atoms with van der Waals surface area (Å²) in [6.45, 7) is 2.36. The van der Waals surface area contributed by atoms with E-state index in [1.807, 2.05) is 0 Å². The molecule has 0 bridgehead atoms. The first-order valence-corrected chi connectivity index (χ1v) is 4.15. The lowest BCUT2D eigenvalue weighted by molar-refractivity contribution is -0.122. The van der Waals surface area contributed by atoms with E-state index in [0.29, 0.717) is 18.6 Å². The average Bonchev–Trinajstić information content (AvgIpc) is 2.37. The third-order valence-corrected chi connectivity index (χ3v) is 2.54. The van der Waals surface area contributed by atoms with Gasteiger partial charge in [0.1, 0.15) is 5.78 Å². The van der Waals surface area contributed by atoms with Gasteiger partial charge < -0.3 is 10.1 Å². The van der Waals surface area contributed by atoms with Crippen molar-refractivity contribution in [3.63, 3.8) is 0 Å². The fourth-order valence-corrected chi connectivity index (χ4v) is 1.88. The molecule has 2 fully saturated rings. The van der Waals surface area contributed by atoms with E-state index in [1.165, 1.54) is 0 Å². The predicted molar refractivity (Wildman–Crippen MR) is 40.4 cm³/mol. The van der Waals surface area contributed by atoms with Crippen LogP contribution in [-0.2, 0) is 9.53 Å². The van der Waals surface area contributed by atoms with Gasteiger partial charge in [0.2, 0.25) is 0 Å². The molecule has 0 radical (unpaired) electrons. The summed E-state index contributed by atoms with van der Waals surface area (Å²) in [4.78, 5) is 11.1. The zero-order valence-corrected chi connectivity index (χ0v) is 6.56. The third-order valence-electron chi connectivity index (χ3n) is 2.54. The molecule has 0 aromatic heterocycles. The van der Waals surface area contributed by atoms with Crippen molar-refractivity contribution < 1.29 is 9.53 Å². The van der Waals surface area contributed by atoms with Crippen LogP contribution in [0.5, 0.6) is 0 Å². The molecule has 3 heteroatoms. The lowest BCUT2D eigenvalue weighted by Gasteiger charge is -2.32. The Labute approximate surface area is 66.1 Å². The van der Waals surface area contributed by atoms with Crippen molar-refractivity contribution in [2.24, 2.45) is 0 Å². The molecule has 0 aromatic rings. The maximum Gasteiger partial charge on any atom is 0.136 e. The van der Waals surface area contributed by atoms with Gasteiger partial charge in [0.25, 0.3) is 0 Å². The lowest BCUT2D eigenvalue weighted by atomic mass is 9.88. The summed E-state index contributed by atoms with van der Waals surface area (Å²) in [5.41, 5.74) is 0.0231. The van der Waals surface area contributed by atoms with Gasteiger partial charge in [0.15, 0.2) is 0 Å². The van der Waals surface area contributed by atoms with Crippen LogP contribution in [0.1, 0.15) is 19.3 Å². The maximum atomic E-state index is 11.1. The van der Waals surface area contributed by atoms with Gasteiger partial charge in [-0.05, 0) is 6.42 Å². The number of carbonyl (C=O) groups excluding carboxylic acids is 1. The van der Waals surface area contributed by atoms with Crippen LogP contribution >= 0.6 is 0 Å². The first-order chi connectivity index (χ1) is 5.31. The normalized spacial score (nSPS) is 38.4. The number of ether oxygens (including phenoxy) is 1. The number of hydrogen-bond donors (Lipinski definition) is 1. The van der Waals surface area contributed by atoms with Gasteiger partial charge >= 0.3 is 0 Å². The monoisotopic (exact) mass is 155 g/mol. The van der Waals surface area contributed by atoms with Crippen molar-refractivity contribution in [3.8, 4) is 0 Å². The third kappa shape index (κ3) is 1.30. The second-order valence-electron chi connectivity index (χ2n) is 3.48. The van der Waals surface area contributed by atoms with Crippen LogP contribution in [0.25, 0.3) is 0 Å². The van der Waals surface area contributed by atoms with Crippen molar-refractivity contribution in [2.45, 2.75) is 24.8 Å². The molecular formula is C8H13NO2. The molecule has 62 valence electrons. The van der Waals surface area contributed by atoms with Crippen LogP contribution in [0.2, 0.25) is 0 Å². The smallest absolute Gasteiger partial charge is 0.136 e. The van der Waals surface area contributed by atoms with Gasteiger partial charge in [-0.2, -0.15) is 0 Å². The van der Waals surface area contributed by atoms with Crippen LogP contribution in [0.4, 0.5) is 0 Å². The fraction of sp³-hybridized carbons (Fsp3) is 0.875. The minimum atomic E-state index is 0.0231. The van der Waals surface area contributed by atoms with E-state index in [9.17, 15) is 4.79 Å². The number of piperidine rings is 1. The zero-order chi connectivity index (χ0) is 7.73. The molecule has 11 heavy (non-hydrogen) atoms. The summed E-state index contributed by atoms with van der Waals surface area (Å²) in [5.74, 6) is 0.384. The van der Waals surface area contributed by atoms with E-state index >= 15 is 0 Å². The van der Waals surface area contributed by atoms with Crippen molar-refractivity contribution in [1.82, 2.24) is 5.32 Å². The highest BCUT2D eigenvalue weighted by molar-refractivity contribution is 5.80. The summed E-state index contributed by atoms with van der Waals surface area (Å²) in [7, 11) is 0. The SMILES string of the molecule is O=C1CCNC2(CCOC2)C1. The van der Waals surface area contributed by atoms with Crippen LogP contribution in [0.15, 0.2) is 0 Å². The number of hydrogen-bond acceptors (Lipinski definition) is 3. The van der Waals surface area contributed by atoms with E-state index in [4.69, 9.17) is 4.74 Å². The van der Waals surface area contributed by atoms with Crippen molar-refractivity contribution in [3.05, 3.63) is 0 Å². The molecule has 0 amide bonds. The second-order valence-corrected chi connectivity index (χ2v) is 3.48. The van der Waals surface area contributed by atoms with Crippen LogP contribution < -0.4 is 5.32 Å². The second kappa shape index (κ2) is 2.57. The molecular weight excluding hydrogens is 142 g/mol. The number of nitrogens with one attached hydrogen (secondary N) is 1. The standard InChI is InChI=1S/C8H13NO2/c10-7-1-3-9-8(5-7)2-4-11-6-8/h9H,1-6H2. The Morgan fingerprint density at radius 1 is 1.55 bits per heavy atom. The van der Waals surface area contributed by atoms with Crippen LogP contribution in [-0.4, -0.2) is 31.1 Å². The number of rotatable bonds is 0. The molecule has 1 atom stereocenters. The number of carbonyl (C=O) groups is 1. The maximum absolute atomic E-state index is 11.1. The summed E-state index contributed by atoms with van der Waals surface area (Å²) in [6, 6.07) is 0. The summed E-state index contributed by atoms with van der Waals surface area (Å²) in [6.07, 6.45) is 2.37. The quantitative estimate of drug-likeness (QED) is 0.539. The van der Waals surface area contributed by atoms with E-state index in [2.05, 4.69) is 5.32 Å². The molecule has 1 unspecified atom stereocenters. The Balaban J connectivity index is 2.05. The molecule has 1 spiro atoms. The highest BCUT2D eigenvalue weighted by Gasteiger charge is 2.38. The number of Topliss-reactive ketones (excluding diaryl/α,β-unsaturated/α-hetero) is 1. The highest BCUT2D eigenvalue weighted by Crippen LogP contribution is 2.25. The molecule has 2 aliphatic heterocycles. The minimum absolute atomic E-state index is 0.0231. The first kappa shape index (κ1) is 7.25. The first-order valence-electron chi connectivity index (χ1n) is 4.15. The molecule has 2 saturated heterocycles. The molecule has 0 aliphatic carbocycles. The molecule has 0 aromatic carbocycles. The summed E-state index contributed by atoms with van der Waals surface area (Å²) in [5, 5.41) is 3.38. The van der Waals surface area contributed by atoms with Gasteiger partial charge in [-0.3, -0.25) is 4.79 Å². The Kier molecular flexibility index (Phi) is 1.69. The van der Waals surface area contributed by atoms with Gasteiger partial charge in [0.05, 0.1) is 12.1 Å². The van der Waals surface area contributed by atoms with E-state index < -0.39 is 0 Å². The van der Waals surface area contributed by atoms with Crippen LogP contribution in [0, 0.1) is 0 Å². The molecule has 1 N–H and O–H groups in total. The highest BCUT2D eigenvalue weighted by atomic mass is 16.5. The van der Waals surface area contributed by atoms with E-state index in [-0.39, 0.29) is 5.54 Å². The Hall–Kier alpha value is -0.410. The topological polar surface area (TPSA) is 38.3 Å². The van der Waals surface area contributed by atoms with Crippen LogP contribution in [0.3, 0.4) is 0 Å². The molecule has 2 heterocycles. The minimum Gasteiger partial charge on any atom is -0.379 e. The van der Waals surface area contributed by atoms with Crippen molar-refractivity contribution in [2.75, 3.05) is 19.8 Å². The van der Waals surface area contributed by atoms with E-state index in [0.717, 1.165) is 26.2 Å². The largest absolute Gasteiger partial charge is 0.379 e.